The lowest BCUT2D eigenvalue weighted by molar-refractivity contribution is -0.0514. The number of aliphatic hydroxyl groups excluding tert-OH is 4. The zero-order valence-electron chi connectivity index (χ0n) is 28.2. The molecule has 6 unspecified atom stereocenters. The Balaban J connectivity index is 0.827. The lowest BCUT2D eigenvalue weighted by Gasteiger charge is -2.25. The number of ether oxygens (including phenoxy) is 2. The second-order valence-corrected chi connectivity index (χ2v) is 18.9. The normalized spacial score (nSPS) is 35.1. The summed E-state index contributed by atoms with van der Waals surface area (Å²) in [6, 6.07) is 0. The van der Waals surface area contributed by atoms with Crippen LogP contribution >= 0.6 is 31.3 Å². The van der Waals surface area contributed by atoms with E-state index in [1.54, 1.807) is 34.6 Å². The van der Waals surface area contributed by atoms with E-state index in [0.29, 0.717) is 11.4 Å². The Bertz CT molecular complexity index is 2070. The van der Waals surface area contributed by atoms with Crippen molar-refractivity contribution >= 4 is 55.6 Å². The molecule has 2 fully saturated rings. The quantitative estimate of drug-likeness (QED) is 0.0975. The first-order valence-electron chi connectivity index (χ1n) is 16.2. The molecule has 0 bridgehead atoms. The first-order valence-corrected chi connectivity index (χ1v) is 22.2. The first kappa shape index (κ1) is 40.5. The number of aromatic nitrogens is 4. The number of nitrogens with one attached hydrogen (secondary N) is 2. The Hall–Kier alpha value is -3.24. The predicted molar refractivity (Wildman–Crippen MR) is 181 cm³/mol. The molecule has 6 aliphatic rings. The van der Waals surface area contributed by atoms with Crippen molar-refractivity contribution in [3.63, 3.8) is 0 Å². The van der Waals surface area contributed by atoms with Gasteiger partial charge in [-0.05, 0) is 0 Å². The van der Waals surface area contributed by atoms with E-state index in [1.807, 2.05) is 0 Å². The molecule has 14 atom stereocenters. The van der Waals surface area contributed by atoms with Gasteiger partial charge in [-0.1, -0.05) is 0 Å². The zero-order chi connectivity index (χ0) is 40.7. The van der Waals surface area contributed by atoms with Crippen LogP contribution in [0.5, 0.6) is 0 Å². The van der Waals surface area contributed by atoms with Gasteiger partial charge in [-0.25, -0.2) is 38.2 Å². The highest BCUT2D eigenvalue weighted by Gasteiger charge is 2.51. The number of phosphoric ester groups is 2. The molecule has 6 aliphatic heterocycles. The number of hydrogen-bond donors (Lipinski definition) is 10. The van der Waals surface area contributed by atoms with Crippen LogP contribution in [0.25, 0.3) is 0 Å². The standard InChI is InChI=1S/C24H32N10O19P4/c35-15-11(49-23(17(15)37)33-9-27-13-19-25-1-3-31(19)7-29-21(13)33)5-47-54(39,40)51-56(43,44)53-57(45,46)52-55(41,42)48-6-12-16(36)18(38)24(50-12)34-10-28-14-20-26-2-4-32(20)8-30-22(14)34/h1-4,7-12,15-20,23-26,35-38H,5-6H2,(H,39,40)(H,41,42)(H,43,44)(H,45,46)/t11-,12-,15-,16-,17-,18-,19?,20?,23-,24-/m1/s1. The van der Waals surface area contributed by atoms with E-state index in [4.69, 9.17) is 9.47 Å². The second kappa shape index (κ2) is 14.8. The zero-order valence-corrected chi connectivity index (χ0v) is 31.8. The van der Waals surface area contributed by atoms with Crippen molar-refractivity contribution in [2.24, 2.45) is 9.98 Å². The lowest BCUT2D eigenvalue weighted by Crippen LogP contribution is -2.33. The summed E-state index contributed by atoms with van der Waals surface area (Å²) in [4.78, 5) is 60.5. The molecule has 29 nitrogen and oxygen atoms in total. The van der Waals surface area contributed by atoms with Crippen LogP contribution in [-0.2, 0) is 49.7 Å². The lowest BCUT2D eigenvalue weighted by atomic mass is 10.1. The topological polar surface area (TPSA) is 386 Å². The van der Waals surface area contributed by atoms with Crippen LogP contribution in [0.1, 0.15) is 36.2 Å². The molecule has 57 heavy (non-hydrogen) atoms. The molecule has 0 amide bonds. The Kier molecular flexibility index (Phi) is 10.5. The maximum atomic E-state index is 12.5. The van der Waals surface area contributed by atoms with Gasteiger partial charge in [-0.2, -0.15) is 12.9 Å². The number of aliphatic imine (C=N–C) groups is 2. The first-order chi connectivity index (χ1) is 26.8. The minimum absolute atomic E-state index is 0.251. The third-order valence-corrected chi connectivity index (χ3v) is 14.9. The van der Waals surface area contributed by atoms with E-state index in [-0.39, 0.29) is 11.6 Å². The third kappa shape index (κ3) is 7.95. The fourth-order valence-corrected chi connectivity index (χ4v) is 11.4. The van der Waals surface area contributed by atoms with Gasteiger partial charge in [-0.15, -0.1) is 0 Å². The van der Waals surface area contributed by atoms with Gasteiger partial charge in [0.05, 0.1) is 38.5 Å². The maximum absolute atomic E-state index is 12.5. The minimum Gasteiger partial charge on any atom is -0.387 e. The summed E-state index contributed by atoms with van der Waals surface area (Å²) in [5.74, 6) is 0.502. The Morgan fingerprint density at radius 1 is 0.614 bits per heavy atom. The van der Waals surface area contributed by atoms with Gasteiger partial charge in [0.1, 0.15) is 48.0 Å². The van der Waals surface area contributed by atoms with Crippen LogP contribution in [0.3, 0.4) is 0 Å². The van der Waals surface area contributed by atoms with E-state index in [9.17, 15) is 58.3 Å². The van der Waals surface area contributed by atoms with Crippen LogP contribution in [0, 0.1) is 0 Å². The molecule has 2 saturated heterocycles. The van der Waals surface area contributed by atoms with Crippen molar-refractivity contribution in [2.45, 2.75) is 61.4 Å². The summed E-state index contributed by atoms with van der Waals surface area (Å²) in [7, 11) is -23.9. The fraction of sp³-hybridized carbons (Fsp3) is 0.500. The molecule has 2 aromatic heterocycles. The highest BCUT2D eigenvalue weighted by atomic mass is 31.3. The predicted octanol–water partition coefficient (Wildman–Crippen LogP) is -1.40. The van der Waals surface area contributed by atoms with Crippen LogP contribution in [-0.4, -0.2) is 131 Å². The number of phosphoric acid groups is 4. The van der Waals surface area contributed by atoms with Crippen molar-refractivity contribution in [3.05, 3.63) is 48.8 Å². The van der Waals surface area contributed by atoms with Gasteiger partial charge >= 0.3 is 31.3 Å². The smallest absolute Gasteiger partial charge is 0.387 e. The summed E-state index contributed by atoms with van der Waals surface area (Å²) in [6.45, 7) is -2.15. The Labute approximate surface area is 318 Å². The van der Waals surface area contributed by atoms with Crippen molar-refractivity contribution in [3.8, 4) is 0 Å². The van der Waals surface area contributed by atoms with Gasteiger partial charge in [0, 0.05) is 24.8 Å². The molecule has 2 aromatic rings. The number of hydrogen-bond acceptors (Lipinski definition) is 23. The molecule has 0 spiro atoms. The van der Waals surface area contributed by atoms with Gasteiger partial charge < -0.3 is 69.9 Å². The third-order valence-electron chi connectivity index (χ3n) is 8.98. The average molecular weight is 888 g/mol. The Morgan fingerprint density at radius 2 is 1.00 bits per heavy atom. The van der Waals surface area contributed by atoms with Gasteiger partial charge in [0.25, 0.3) is 0 Å². The number of fused-ring (bicyclic) bond motifs is 6. The molecule has 0 saturated carbocycles. The summed E-state index contributed by atoms with van der Waals surface area (Å²) in [5, 5.41) is 48.5. The van der Waals surface area contributed by atoms with Crippen molar-refractivity contribution in [2.75, 3.05) is 13.2 Å². The maximum Gasteiger partial charge on any atom is 0.490 e. The van der Waals surface area contributed by atoms with Crippen molar-refractivity contribution in [1.29, 1.82) is 0 Å². The van der Waals surface area contributed by atoms with Crippen LogP contribution in [0.2, 0.25) is 0 Å². The molecular formula is C24H32N10O19P4. The monoisotopic (exact) mass is 888 g/mol. The summed E-state index contributed by atoms with van der Waals surface area (Å²) in [5.41, 5.74) is 0.890. The summed E-state index contributed by atoms with van der Waals surface area (Å²) >= 11 is 0. The number of rotatable bonds is 14. The number of imidazole rings is 2. The van der Waals surface area contributed by atoms with E-state index in [2.05, 4.69) is 52.6 Å². The number of nitrogens with zero attached hydrogens (tertiary/aromatic N) is 8. The van der Waals surface area contributed by atoms with E-state index in [0.717, 1.165) is 0 Å². The molecular weight excluding hydrogens is 856 g/mol. The largest absolute Gasteiger partial charge is 0.490 e. The molecule has 8 heterocycles. The molecule has 0 aromatic carbocycles. The highest BCUT2D eigenvalue weighted by molar-refractivity contribution is 7.69. The molecule has 33 heteroatoms. The van der Waals surface area contributed by atoms with Crippen LogP contribution in [0.4, 0.5) is 11.6 Å². The molecule has 0 radical (unpaired) electrons. The molecule has 10 N–H and O–H groups in total. The van der Waals surface area contributed by atoms with Crippen molar-refractivity contribution in [1.82, 2.24) is 39.5 Å². The van der Waals surface area contributed by atoms with E-state index < -0.39 is 106 Å². The summed E-state index contributed by atoms with van der Waals surface area (Å²) in [6.07, 6.45) is -1.29. The van der Waals surface area contributed by atoms with Gasteiger partial charge in [0.15, 0.2) is 36.4 Å². The average Bonchev–Trinajstić information content (AvgIpc) is 3.97. The fourth-order valence-electron chi connectivity index (χ4n) is 6.44. The minimum atomic E-state index is -6.18. The molecule has 312 valence electrons. The molecule has 8 rings (SSSR count). The molecule has 0 aliphatic carbocycles. The van der Waals surface area contributed by atoms with Gasteiger partial charge in [-0.3, -0.25) is 18.2 Å². The SMILES string of the molecule is O=P(O)(OC[C@H]1O[C@@H](n2cnc3c2N=CN2C=CNC32)[C@H](O)[C@@H]1O)OP(=O)(O)OP(=O)(O)OP(=O)(O)OC[C@H]1O[C@@H](n2cnc3c2N=CN2C=CNC32)[C@H](O)[C@@H]1O. The second-order valence-electron chi connectivity index (χ2n) is 12.7. The van der Waals surface area contributed by atoms with E-state index in [1.165, 1.54) is 34.5 Å². The van der Waals surface area contributed by atoms with E-state index >= 15 is 0 Å². The van der Waals surface area contributed by atoms with Gasteiger partial charge in [0.2, 0.25) is 0 Å². The highest BCUT2D eigenvalue weighted by Crippen LogP contribution is 2.71. The van der Waals surface area contributed by atoms with Crippen LogP contribution in [0.15, 0.2) is 47.4 Å². The Morgan fingerprint density at radius 3 is 1.40 bits per heavy atom. The number of aliphatic hydroxyl groups is 4. The van der Waals surface area contributed by atoms with Crippen molar-refractivity contribution < 1.29 is 89.7 Å². The summed E-state index contributed by atoms with van der Waals surface area (Å²) < 4.78 is 84.7. The van der Waals surface area contributed by atoms with Crippen LogP contribution < -0.4 is 10.6 Å².